The van der Waals surface area contributed by atoms with Crippen LogP contribution in [0, 0.1) is 6.92 Å². The zero-order valence-corrected chi connectivity index (χ0v) is 14.6. The molecule has 6 nitrogen and oxygen atoms in total. The van der Waals surface area contributed by atoms with Gasteiger partial charge in [0.25, 0.3) is 0 Å². The quantitative estimate of drug-likeness (QED) is 0.651. The molecule has 0 unspecified atom stereocenters. The van der Waals surface area contributed by atoms with Gasteiger partial charge >= 0.3 is 0 Å². The van der Waals surface area contributed by atoms with Gasteiger partial charge in [0, 0.05) is 18.0 Å². The van der Waals surface area contributed by atoms with E-state index >= 15 is 0 Å². The molecule has 0 spiro atoms. The molecule has 1 aliphatic rings. The summed E-state index contributed by atoms with van der Waals surface area (Å²) in [5.41, 5.74) is 0. The lowest BCUT2D eigenvalue weighted by Crippen LogP contribution is -2.42. The molecular formula is C16H24N6S. The van der Waals surface area contributed by atoms with Crippen LogP contribution in [0.25, 0.3) is 0 Å². The molecule has 1 aliphatic carbocycles. The van der Waals surface area contributed by atoms with Crippen LogP contribution >= 0.6 is 11.3 Å². The van der Waals surface area contributed by atoms with Crippen molar-refractivity contribution < 1.29 is 0 Å². The van der Waals surface area contributed by atoms with Crippen LogP contribution in [0.15, 0.2) is 22.5 Å². The highest BCUT2D eigenvalue weighted by atomic mass is 32.1. The predicted molar refractivity (Wildman–Crippen MR) is 93.4 cm³/mol. The van der Waals surface area contributed by atoms with Crippen LogP contribution in [0.2, 0.25) is 0 Å². The van der Waals surface area contributed by atoms with Crippen molar-refractivity contribution in [1.29, 1.82) is 0 Å². The Balaban J connectivity index is 1.65. The third-order valence-electron chi connectivity index (χ3n) is 4.27. The topological polar surface area (TPSA) is 67.1 Å². The maximum Gasteiger partial charge on any atom is 0.192 e. The van der Waals surface area contributed by atoms with Crippen LogP contribution in [0.1, 0.15) is 42.2 Å². The van der Waals surface area contributed by atoms with Crippen molar-refractivity contribution in [3.63, 3.8) is 0 Å². The van der Waals surface area contributed by atoms with E-state index in [4.69, 9.17) is 4.99 Å². The first-order valence-electron chi connectivity index (χ1n) is 8.14. The molecule has 0 atom stereocenters. The third kappa shape index (κ3) is 4.31. The van der Waals surface area contributed by atoms with Gasteiger partial charge in [-0.25, -0.2) is 4.99 Å². The van der Waals surface area contributed by atoms with Gasteiger partial charge in [-0.2, -0.15) is 0 Å². The minimum absolute atomic E-state index is 0.532. The first-order chi connectivity index (χ1) is 11.2. The van der Waals surface area contributed by atoms with Crippen LogP contribution in [-0.4, -0.2) is 26.8 Å². The van der Waals surface area contributed by atoms with Crippen molar-refractivity contribution in [3.05, 3.63) is 34.0 Å². The molecule has 0 radical (unpaired) electrons. The average Bonchev–Trinajstić information content (AvgIpc) is 3.28. The average molecular weight is 332 g/mol. The number of nitrogens with zero attached hydrogens (tertiary/aromatic N) is 4. The van der Waals surface area contributed by atoms with E-state index in [1.54, 1.807) is 11.3 Å². The molecule has 2 aromatic heterocycles. The SMILES string of the molecule is Cc1nnc(CN=C(NCc2cccs2)NC2CCCC2)n1C. The summed E-state index contributed by atoms with van der Waals surface area (Å²) in [7, 11) is 1.98. The number of hydrogen-bond donors (Lipinski definition) is 2. The molecule has 23 heavy (non-hydrogen) atoms. The lowest BCUT2D eigenvalue weighted by molar-refractivity contribution is 0.610. The first-order valence-corrected chi connectivity index (χ1v) is 9.02. The zero-order valence-electron chi connectivity index (χ0n) is 13.7. The van der Waals surface area contributed by atoms with Crippen LogP contribution in [0.4, 0.5) is 0 Å². The molecule has 0 amide bonds. The van der Waals surface area contributed by atoms with Gasteiger partial charge in [-0.15, -0.1) is 21.5 Å². The second kappa shape index (κ2) is 7.59. The first kappa shape index (κ1) is 16.0. The number of guanidine groups is 1. The standard InChI is InChI=1S/C16H24N6S/c1-12-20-21-15(22(12)2)11-18-16(19-13-6-3-4-7-13)17-10-14-8-5-9-23-14/h5,8-9,13H,3-4,6-7,10-11H2,1-2H3,(H2,17,18,19). The molecule has 1 fully saturated rings. The molecule has 2 N–H and O–H groups in total. The summed E-state index contributed by atoms with van der Waals surface area (Å²) in [6.07, 6.45) is 5.06. The number of rotatable bonds is 5. The minimum Gasteiger partial charge on any atom is -0.354 e. The number of aromatic nitrogens is 3. The fraction of sp³-hybridized carbons (Fsp3) is 0.562. The molecule has 0 bridgehead atoms. The van der Waals surface area contributed by atoms with Crippen molar-refractivity contribution in [1.82, 2.24) is 25.4 Å². The van der Waals surface area contributed by atoms with E-state index in [0.717, 1.165) is 24.2 Å². The van der Waals surface area contributed by atoms with Crippen molar-refractivity contribution in [2.45, 2.75) is 51.7 Å². The van der Waals surface area contributed by atoms with Gasteiger partial charge in [0.1, 0.15) is 12.4 Å². The van der Waals surface area contributed by atoms with Gasteiger partial charge in [-0.1, -0.05) is 18.9 Å². The molecule has 3 rings (SSSR count). The molecule has 0 saturated heterocycles. The van der Waals surface area contributed by atoms with Crippen LogP contribution < -0.4 is 10.6 Å². The van der Waals surface area contributed by atoms with E-state index < -0.39 is 0 Å². The van der Waals surface area contributed by atoms with E-state index in [1.807, 2.05) is 18.5 Å². The van der Waals surface area contributed by atoms with Gasteiger partial charge in [0.15, 0.2) is 11.8 Å². The smallest absolute Gasteiger partial charge is 0.192 e. The van der Waals surface area contributed by atoms with Gasteiger partial charge < -0.3 is 15.2 Å². The Morgan fingerprint density at radius 3 is 2.87 bits per heavy atom. The third-order valence-corrected chi connectivity index (χ3v) is 5.14. The summed E-state index contributed by atoms with van der Waals surface area (Å²) in [6.45, 7) is 3.28. The van der Waals surface area contributed by atoms with Crippen molar-refractivity contribution in [2.24, 2.45) is 12.0 Å². The van der Waals surface area contributed by atoms with Crippen LogP contribution in [-0.2, 0) is 20.1 Å². The number of hydrogen-bond acceptors (Lipinski definition) is 4. The van der Waals surface area contributed by atoms with E-state index in [9.17, 15) is 0 Å². The van der Waals surface area contributed by atoms with Crippen LogP contribution in [0.3, 0.4) is 0 Å². The summed E-state index contributed by atoms with van der Waals surface area (Å²) in [5, 5.41) is 17.4. The zero-order chi connectivity index (χ0) is 16.1. The van der Waals surface area contributed by atoms with E-state index in [2.05, 4.69) is 38.3 Å². The fourth-order valence-corrected chi connectivity index (χ4v) is 3.38. The normalized spacial score (nSPS) is 16.0. The molecule has 2 heterocycles. The molecule has 1 saturated carbocycles. The second-order valence-electron chi connectivity index (χ2n) is 5.95. The van der Waals surface area contributed by atoms with Crippen molar-refractivity contribution in [3.8, 4) is 0 Å². The number of aryl methyl sites for hydroxylation is 1. The molecule has 0 aromatic carbocycles. The van der Waals surface area contributed by atoms with Gasteiger partial charge in [-0.05, 0) is 31.2 Å². The monoisotopic (exact) mass is 332 g/mol. The summed E-state index contributed by atoms with van der Waals surface area (Å²) < 4.78 is 1.98. The van der Waals surface area contributed by atoms with E-state index in [1.165, 1.54) is 30.6 Å². The molecular weight excluding hydrogens is 308 g/mol. The summed E-state index contributed by atoms with van der Waals surface area (Å²) in [5.74, 6) is 2.66. The number of nitrogens with one attached hydrogen (secondary N) is 2. The fourth-order valence-electron chi connectivity index (χ4n) is 2.74. The minimum atomic E-state index is 0.532. The maximum absolute atomic E-state index is 4.71. The lowest BCUT2D eigenvalue weighted by atomic mass is 10.2. The highest BCUT2D eigenvalue weighted by Crippen LogP contribution is 2.17. The van der Waals surface area contributed by atoms with Gasteiger partial charge in [-0.3, -0.25) is 0 Å². The maximum atomic E-state index is 4.71. The van der Waals surface area contributed by atoms with E-state index in [-0.39, 0.29) is 0 Å². The van der Waals surface area contributed by atoms with Crippen molar-refractivity contribution in [2.75, 3.05) is 0 Å². The number of aliphatic imine (C=N–C) groups is 1. The largest absolute Gasteiger partial charge is 0.354 e. The molecule has 0 aliphatic heterocycles. The van der Waals surface area contributed by atoms with E-state index in [0.29, 0.717) is 12.6 Å². The lowest BCUT2D eigenvalue weighted by Gasteiger charge is -2.17. The Bertz CT molecular complexity index is 640. The Hall–Kier alpha value is -1.89. The number of thiophene rings is 1. The molecule has 2 aromatic rings. The Kier molecular flexibility index (Phi) is 5.27. The summed E-state index contributed by atoms with van der Waals surface area (Å²) in [6, 6.07) is 4.74. The van der Waals surface area contributed by atoms with Crippen molar-refractivity contribution >= 4 is 17.3 Å². The second-order valence-corrected chi connectivity index (χ2v) is 6.98. The summed E-state index contributed by atoms with van der Waals surface area (Å²) in [4.78, 5) is 6.01. The highest BCUT2D eigenvalue weighted by molar-refractivity contribution is 7.09. The Morgan fingerprint density at radius 1 is 1.39 bits per heavy atom. The Labute approximate surface area is 141 Å². The molecule has 124 valence electrons. The highest BCUT2D eigenvalue weighted by Gasteiger charge is 2.16. The molecule has 7 heteroatoms. The summed E-state index contributed by atoms with van der Waals surface area (Å²) >= 11 is 1.76. The Morgan fingerprint density at radius 2 is 2.22 bits per heavy atom. The van der Waals surface area contributed by atoms with Gasteiger partial charge in [0.05, 0.1) is 6.54 Å². The predicted octanol–water partition coefficient (Wildman–Crippen LogP) is 2.36. The van der Waals surface area contributed by atoms with Gasteiger partial charge in [0.2, 0.25) is 0 Å². The van der Waals surface area contributed by atoms with Crippen LogP contribution in [0.5, 0.6) is 0 Å².